The lowest BCUT2D eigenvalue weighted by Crippen LogP contribution is -2.22. The molecule has 0 aromatic rings. The lowest BCUT2D eigenvalue weighted by molar-refractivity contribution is -0.153. The third-order valence-electron chi connectivity index (χ3n) is 3.27. The SMILES string of the molecule is CCCCC(CC)COC(C)OC(C)C=C(C#N)C(=O)O. The molecule has 3 unspecified atom stereocenters. The molecule has 5 nitrogen and oxygen atoms in total. The minimum atomic E-state index is -1.24. The van der Waals surface area contributed by atoms with E-state index in [1.165, 1.54) is 18.9 Å². The highest BCUT2D eigenvalue weighted by molar-refractivity contribution is 5.91. The molecule has 0 aliphatic heterocycles. The summed E-state index contributed by atoms with van der Waals surface area (Å²) in [5, 5.41) is 17.5. The van der Waals surface area contributed by atoms with Gasteiger partial charge in [-0.25, -0.2) is 4.79 Å². The molecule has 0 aliphatic carbocycles. The average Bonchev–Trinajstić information content (AvgIpc) is 2.44. The van der Waals surface area contributed by atoms with Crippen LogP contribution in [0.2, 0.25) is 0 Å². The van der Waals surface area contributed by atoms with Crippen molar-refractivity contribution in [2.24, 2.45) is 5.92 Å². The molecule has 0 amide bonds. The third-order valence-corrected chi connectivity index (χ3v) is 3.27. The molecular formula is C16H27NO4. The molecule has 0 aromatic carbocycles. The van der Waals surface area contributed by atoms with Gasteiger partial charge in [0.05, 0.1) is 12.7 Å². The first-order valence-corrected chi connectivity index (χ1v) is 7.56. The summed E-state index contributed by atoms with van der Waals surface area (Å²) in [6, 6.07) is 1.63. The predicted octanol–water partition coefficient (Wildman–Crippen LogP) is 3.51. The molecule has 0 fully saturated rings. The molecule has 0 bridgehead atoms. The Morgan fingerprint density at radius 3 is 2.52 bits per heavy atom. The predicted molar refractivity (Wildman–Crippen MR) is 80.6 cm³/mol. The molecule has 0 heterocycles. The van der Waals surface area contributed by atoms with E-state index in [-0.39, 0.29) is 5.57 Å². The van der Waals surface area contributed by atoms with Crippen LogP contribution in [0.1, 0.15) is 53.4 Å². The van der Waals surface area contributed by atoms with E-state index >= 15 is 0 Å². The summed E-state index contributed by atoms with van der Waals surface area (Å²) in [7, 11) is 0. The quantitative estimate of drug-likeness (QED) is 0.358. The van der Waals surface area contributed by atoms with Gasteiger partial charge in [0.15, 0.2) is 6.29 Å². The molecule has 1 N–H and O–H groups in total. The molecule has 0 aliphatic rings. The van der Waals surface area contributed by atoms with Gasteiger partial charge >= 0.3 is 5.97 Å². The van der Waals surface area contributed by atoms with Gasteiger partial charge in [0, 0.05) is 0 Å². The van der Waals surface area contributed by atoms with Crippen LogP contribution in [0.15, 0.2) is 11.6 Å². The molecular weight excluding hydrogens is 270 g/mol. The molecule has 21 heavy (non-hydrogen) atoms. The number of carboxylic acid groups (broad SMARTS) is 1. The maximum atomic E-state index is 10.7. The third kappa shape index (κ3) is 9.22. The second kappa shape index (κ2) is 11.3. The number of carbonyl (C=O) groups is 1. The summed E-state index contributed by atoms with van der Waals surface area (Å²) in [5.74, 6) is -0.720. The highest BCUT2D eigenvalue weighted by atomic mass is 16.7. The normalized spacial score (nSPS) is 16.0. The second-order valence-corrected chi connectivity index (χ2v) is 5.16. The van der Waals surface area contributed by atoms with Crippen molar-refractivity contribution < 1.29 is 19.4 Å². The molecule has 0 aromatic heterocycles. The number of hydrogen-bond acceptors (Lipinski definition) is 4. The Hall–Kier alpha value is -1.38. The zero-order chi connectivity index (χ0) is 16.3. The molecule has 0 spiro atoms. The summed E-state index contributed by atoms with van der Waals surface area (Å²) in [5.41, 5.74) is -0.316. The van der Waals surface area contributed by atoms with E-state index in [9.17, 15) is 4.79 Å². The van der Waals surface area contributed by atoms with Gasteiger partial charge in [0.25, 0.3) is 0 Å². The van der Waals surface area contributed by atoms with E-state index in [4.69, 9.17) is 19.8 Å². The molecule has 5 heteroatoms. The van der Waals surface area contributed by atoms with Crippen LogP contribution >= 0.6 is 0 Å². The molecule has 0 rings (SSSR count). The average molecular weight is 297 g/mol. The number of nitriles is 1. The van der Waals surface area contributed by atoms with Gasteiger partial charge in [0.1, 0.15) is 11.6 Å². The van der Waals surface area contributed by atoms with Crippen molar-refractivity contribution in [1.82, 2.24) is 0 Å². The first-order valence-electron chi connectivity index (χ1n) is 7.56. The first-order chi connectivity index (χ1) is 9.94. The number of aliphatic carboxylic acids is 1. The summed E-state index contributed by atoms with van der Waals surface area (Å²) < 4.78 is 11.2. The Morgan fingerprint density at radius 1 is 1.38 bits per heavy atom. The van der Waals surface area contributed by atoms with E-state index in [0.29, 0.717) is 12.5 Å². The van der Waals surface area contributed by atoms with Gasteiger partial charge in [-0.2, -0.15) is 5.26 Å². The Kier molecular flexibility index (Phi) is 10.6. The summed E-state index contributed by atoms with van der Waals surface area (Å²) in [6.45, 7) is 8.42. The lowest BCUT2D eigenvalue weighted by Gasteiger charge is -2.21. The van der Waals surface area contributed by atoms with Gasteiger partial charge in [0.2, 0.25) is 0 Å². The van der Waals surface area contributed by atoms with Crippen LogP contribution in [0, 0.1) is 17.2 Å². The Labute approximate surface area is 127 Å². The fourth-order valence-electron chi connectivity index (χ4n) is 1.94. The molecule has 3 atom stereocenters. The van der Waals surface area contributed by atoms with Crippen molar-refractivity contribution in [1.29, 1.82) is 5.26 Å². The Bertz CT molecular complexity index is 373. The van der Waals surface area contributed by atoms with Crippen molar-refractivity contribution in [3.05, 3.63) is 11.6 Å². The van der Waals surface area contributed by atoms with E-state index in [1.54, 1.807) is 19.9 Å². The minimum absolute atomic E-state index is 0.316. The van der Waals surface area contributed by atoms with Crippen LogP contribution in [0.3, 0.4) is 0 Å². The van der Waals surface area contributed by atoms with E-state index < -0.39 is 18.4 Å². The van der Waals surface area contributed by atoms with Crippen LogP contribution < -0.4 is 0 Å². The van der Waals surface area contributed by atoms with Crippen LogP contribution in [-0.2, 0) is 14.3 Å². The molecule has 0 saturated carbocycles. The monoisotopic (exact) mass is 297 g/mol. The maximum Gasteiger partial charge on any atom is 0.346 e. The largest absolute Gasteiger partial charge is 0.477 e. The lowest BCUT2D eigenvalue weighted by atomic mass is 10.0. The van der Waals surface area contributed by atoms with Crippen molar-refractivity contribution >= 4 is 5.97 Å². The smallest absolute Gasteiger partial charge is 0.346 e. The Morgan fingerprint density at radius 2 is 2.05 bits per heavy atom. The van der Waals surface area contributed by atoms with E-state index in [2.05, 4.69) is 13.8 Å². The van der Waals surface area contributed by atoms with Crippen molar-refractivity contribution in [2.45, 2.75) is 65.8 Å². The second-order valence-electron chi connectivity index (χ2n) is 5.16. The van der Waals surface area contributed by atoms with Crippen LogP contribution in [0.4, 0.5) is 0 Å². The van der Waals surface area contributed by atoms with Crippen molar-refractivity contribution in [3.8, 4) is 6.07 Å². The highest BCUT2D eigenvalue weighted by Crippen LogP contribution is 2.14. The minimum Gasteiger partial charge on any atom is -0.477 e. The number of carboxylic acids is 1. The van der Waals surface area contributed by atoms with Gasteiger partial charge in [-0.3, -0.25) is 0 Å². The van der Waals surface area contributed by atoms with Crippen molar-refractivity contribution in [3.63, 3.8) is 0 Å². The molecule has 0 saturated heterocycles. The number of nitrogens with zero attached hydrogens (tertiary/aromatic N) is 1. The summed E-state index contributed by atoms with van der Waals surface area (Å²) >= 11 is 0. The fraction of sp³-hybridized carbons (Fsp3) is 0.750. The van der Waals surface area contributed by atoms with E-state index in [1.807, 2.05) is 0 Å². The summed E-state index contributed by atoms with van der Waals surface area (Å²) in [4.78, 5) is 10.7. The van der Waals surface area contributed by atoms with E-state index in [0.717, 1.165) is 12.8 Å². The number of hydrogen-bond donors (Lipinski definition) is 1. The first kappa shape index (κ1) is 19.6. The Balaban J connectivity index is 4.21. The molecule has 120 valence electrons. The standard InChI is InChI=1S/C16H27NO4/c1-5-7-8-14(6-2)11-20-13(4)21-12(3)9-15(10-17)16(18)19/h9,12-14H,5-8,11H2,1-4H3,(H,18,19). The fourth-order valence-corrected chi connectivity index (χ4v) is 1.94. The van der Waals surface area contributed by atoms with Gasteiger partial charge in [-0.15, -0.1) is 0 Å². The van der Waals surface area contributed by atoms with Gasteiger partial charge in [-0.05, 0) is 32.3 Å². The molecule has 0 radical (unpaired) electrons. The zero-order valence-electron chi connectivity index (χ0n) is 13.5. The van der Waals surface area contributed by atoms with Crippen LogP contribution in [0.25, 0.3) is 0 Å². The van der Waals surface area contributed by atoms with Crippen LogP contribution in [-0.4, -0.2) is 30.1 Å². The topological polar surface area (TPSA) is 79.5 Å². The van der Waals surface area contributed by atoms with Gasteiger partial charge < -0.3 is 14.6 Å². The van der Waals surface area contributed by atoms with Gasteiger partial charge in [-0.1, -0.05) is 33.1 Å². The van der Waals surface area contributed by atoms with Crippen molar-refractivity contribution in [2.75, 3.05) is 6.61 Å². The highest BCUT2D eigenvalue weighted by Gasteiger charge is 2.13. The number of rotatable bonds is 11. The van der Waals surface area contributed by atoms with Crippen LogP contribution in [0.5, 0.6) is 0 Å². The summed E-state index contributed by atoms with van der Waals surface area (Å²) in [6.07, 6.45) is 4.96. The zero-order valence-corrected chi connectivity index (χ0v) is 13.5. The number of ether oxygens (including phenoxy) is 2. The number of unbranched alkanes of at least 4 members (excludes halogenated alkanes) is 1. The maximum absolute atomic E-state index is 10.7.